The van der Waals surface area contributed by atoms with Crippen molar-refractivity contribution in [2.24, 2.45) is 0 Å². The Labute approximate surface area is 174 Å². The lowest BCUT2D eigenvalue weighted by molar-refractivity contribution is -0.137. The molecule has 0 bridgehead atoms. The van der Waals surface area contributed by atoms with Crippen LogP contribution in [0, 0.1) is 5.82 Å². The highest BCUT2D eigenvalue weighted by Crippen LogP contribution is 2.30. The summed E-state index contributed by atoms with van der Waals surface area (Å²) in [6, 6.07) is 9.40. The number of hydrogen-bond donors (Lipinski definition) is 1. The molecule has 2 heterocycles. The van der Waals surface area contributed by atoms with E-state index < -0.39 is 17.6 Å². The van der Waals surface area contributed by atoms with Crippen LogP contribution in [0.3, 0.4) is 0 Å². The van der Waals surface area contributed by atoms with Crippen molar-refractivity contribution in [2.75, 3.05) is 6.54 Å². The molecule has 0 atom stereocenters. The van der Waals surface area contributed by atoms with Crippen molar-refractivity contribution in [3.63, 3.8) is 0 Å². The zero-order chi connectivity index (χ0) is 21.5. The van der Waals surface area contributed by atoms with Crippen LogP contribution in [0.4, 0.5) is 17.6 Å². The molecule has 9 heteroatoms. The first kappa shape index (κ1) is 20.6. The van der Waals surface area contributed by atoms with E-state index in [4.69, 9.17) is 11.6 Å². The molecule has 156 valence electrons. The SMILES string of the molecule is O=c1[nH]c(-c2ccc(Cl)cc2)nc2c1CCN(Cc1ccc(C(F)(F)F)cc1F)C2. The topological polar surface area (TPSA) is 49.0 Å². The number of fused-ring (bicyclic) bond motifs is 1. The van der Waals surface area contributed by atoms with Gasteiger partial charge in [-0.15, -0.1) is 0 Å². The van der Waals surface area contributed by atoms with Gasteiger partial charge in [-0.2, -0.15) is 13.2 Å². The highest BCUT2D eigenvalue weighted by molar-refractivity contribution is 6.30. The molecule has 0 spiro atoms. The lowest BCUT2D eigenvalue weighted by Crippen LogP contribution is -2.35. The van der Waals surface area contributed by atoms with Crippen LogP contribution in [0.15, 0.2) is 47.3 Å². The van der Waals surface area contributed by atoms with Gasteiger partial charge >= 0.3 is 6.18 Å². The maximum atomic E-state index is 14.2. The Morgan fingerprint density at radius 3 is 2.53 bits per heavy atom. The second-order valence-corrected chi connectivity index (χ2v) is 7.55. The Morgan fingerprint density at radius 2 is 1.87 bits per heavy atom. The first-order valence-corrected chi connectivity index (χ1v) is 9.54. The number of aromatic amines is 1. The molecule has 1 N–H and O–H groups in total. The van der Waals surface area contributed by atoms with Gasteiger partial charge < -0.3 is 4.98 Å². The third-order valence-corrected chi connectivity index (χ3v) is 5.30. The van der Waals surface area contributed by atoms with E-state index in [1.807, 2.05) is 4.90 Å². The number of nitrogens with one attached hydrogen (secondary N) is 1. The Kier molecular flexibility index (Phi) is 5.38. The lowest BCUT2D eigenvalue weighted by atomic mass is 10.0. The van der Waals surface area contributed by atoms with Crippen LogP contribution in [-0.4, -0.2) is 21.4 Å². The number of H-pyrrole nitrogens is 1. The minimum Gasteiger partial charge on any atom is -0.306 e. The Bertz CT molecular complexity index is 1140. The molecule has 30 heavy (non-hydrogen) atoms. The molecule has 3 aromatic rings. The molecule has 1 aromatic heterocycles. The highest BCUT2D eigenvalue weighted by Gasteiger charge is 2.31. The van der Waals surface area contributed by atoms with Gasteiger partial charge in [-0.25, -0.2) is 9.37 Å². The van der Waals surface area contributed by atoms with Crippen molar-refractivity contribution in [3.05, 3.63) is 86.0 Å². The molecular weight excluding hydrogens is 422 g/mol. The Morgan fingerprint density at radius 1 is 1.13 bits per heavy atom. The number of hydrogen-bond acceptors (Lipinski definition) is 3. The molecule has 0 unspecified atom stereocenters. The molecule has 0 saturated heterocycles. The summed E-state index contributed by atoms with van der Waals surface area (Å²) in [4.78, 5) is 21.6. The monoisotopic (exact) mass is 437 g/mol. The second-order valence-electron chi connectivity index (χ2n) is 7.11. The normalized spacial score (nSPS) is 14.6. The van der Waals surface area contributed by atoms with E-state index in [9.17, 15) is 22.4 Å². The standard InChI is InChI=1S/C21H16ClF4N3O/c22-15-5-2-12(3-6-15)19-27-18-11-29(8-7-16(18)20(30)28-19)10-13-1-4-14(9-17(13)23)21(24,25)26/h1-6,9H,7-8,10-11H2,(H,27,28,30). The minimum atomic E-state index is -4.59. The number of rotatable bonds is 3. The predicted octanol–water partition coefficient (Wildman–Crippen LogP) is 4.81. The third-order valence-electron chi connectivity index (χ3n) is 5.04. The van der Waals surface area contributed by atoms with E-state index in [-0.39, 0.29) is 17.7 Å². The molecule has 0 saturated carbocycles. The predicted molar refractivity (Wildman–Crippen MR) is 105 cm³/mol. The van der Waals surface area contributed by atoms with Gasteiger partial charge in [0.2, 0.25) is 0 Å². The maximum Gasteiger partial charge on any atom is 0.416 e. The molecular formula is C21H16ClF4N3O. The van der Waals surface area contributed by atoms with Gasteiger partial charge in [0.05, 0.1) is 11.3 Å². The molecule has 1 aliphatic heterocycles. The smallest absolute Gasteiger partial charge is 0.306 e. The van der Waals surface area contributed by atoms with Crippen LogP contribution in [0.25, 0.3) is 11.4 Å². The summed E-state index contributed by atoms with van der Waals surface area (Å²) in [6.07, 6.45) is -4.17. The van der Waals surface area contributed by atoms with Crippen molar-refractivity contribution in [2.45, 2.75) is 25.7 Å². The van der Waals surface area contributed by atoms with Gasteiger partial charge in [0.25, 0.3) is 5.56 Å². The Balaban J connectivity index is 1.57. The van der Waals surface area contributed by atoms with Crippen molar-refractivity contribution >= 4 is 11.6 Å². The van der Waals surface area contributed by atoms with E-state index in [2.05, 4.69) is 9.97 Å². The number of alkyl halides is 3. The fraction of sp³-hybridized carbons (Fsp3) is 0.238. The second kappa shape index (κ2) is 7.85. The average molecular weight is 438 g/mol. The summed E-state index contributed by atoms with van der Waals surface area (Å²) in [5, 5.41) is 0.559. The van der Waals surface area contributed by atoms with Crippen LogP contribution in [0.1, 0.15) is 22.4 Å². The lowest BCUT2D eigenvalue weighted by Gasteiger charge is -2.28. The first-order chi connectivity index (χ1) is 14.2. The van der Waals surface area contributed by atoms with Gasteiger partial charge in [0, 0.05) is 41.3 Å². The first-order valence-electron chi connectivity index (χ1n) is 9.16. The van der Waals surface area contributed by atoms with Gasteiger partial charge in [-0.3, -0.25) is 9.69 Å². The van der Waals surface area contributed by atoms with E-state index in [1.54, 1.807) is 24.3 Å². The van der Waals surface area contributed by atoms with E-state index >= 15 is 0 Å². The number of nitrogens with zero attached hydrogens (tertiary/aromatic N) is 2. The third kappa shape index (κ3) is 4.24. The molecule has 0 radical (unpaired) electrons. The summed E-state index contributed by atoms with van der Waals surface area (Å²) in [5.74, 6) is -0.505. The van der Waals surface area contributed by atoms with E-state index in [0.29, 0.717) is 53.2 Å². The molecule has 1 aliphatic rings. The minimum absolute atomic E-state index is 0.119. The van der Waals surface area contributed by atoms with Gasteiger partial charge in [-0.05, 0) is 42.8 Å². The molecule has 2 aromatic carbocycles. The van der Waals surface area contributed by atoms with Crippen LogP contribution >= 0.6 is 11.6 Å². The maximum absolute atomic E-state index is 14.2. The van der Waals surface area contributed by atoms with Gasteiger partial charge in [-0.1, -0.05) is 17.7 Å². The van der Waals surface area contributed by atoms with Crippen molar-refractivity contribution in [3.8, 4) is 11.4 Å². The van der Waals surface area contributed by atoms with Crippen LogP contribution < -0.4 is 5.56 Å². The summed E-state index contributed by atoms with van der Waals surface area (Å²) in [6.45, 7) is 0.882. The molecule has 0 amide bonds. The molecule has 4 nitrogen and oxygen atoms in total. The summed E-state index contributed by atoms with van der Waals surface area (Å²) >= 11 is 5.90. The van der Waals surface area contributed by atoms with Crippen LogP contribution in [0.2, 0.25) is 5.02 Å². The summed E-state index contributed by atoms with van der Waals surface area (Å²) in [5.41, 5.74) is 0.748. The average Bonchev–Trinajstić information content (AvgIpc) is 2.69. The van der Waals surface area contributed by atoms with Crippen molar-refractivity contribution in [1.29, 1.82) is 0 Å². The molecule has 4 rings (SSSR count). The number of halogens is 5. The van der Waals surface area contributed by atoms with Crippen molar-refractivity contribution < 1.29 is 17.6 Å². The van der Waals surface area contributed by atoms with Crippen LogP contribution in [0.5, 0.6) is 0 Å². The van der Waals surface area contributed by atoms with Crippen LogP contribution in [-0.2, 0) is 25.7 Å². The highest BCUT2D eigenvalue weighted by atomic mass is 35.5. The Hall–Kier alpha value is -2.71. The quantitative estimate of drug-likeness (QED) is 0.598. The summed E-state index contributed by atoms with van der Waals surface area (Å²) in [7, 11) is 0. The number of aromatic nitrogens is 2. The van der Waals surface area contributed by atoms with Gasteiger partial charge in [0.15, 0.2) is 0 Å². The fourth-order valence-electron chi connectivity index (χ4n) is 3.47. The van der Waals surface area contributed by atoms with E-state index in [0.717, 1.165) is 12.1 Å². The molecule has 0 aliphatic carbocycles. The zero-order valence-electron chi connectivity index (χ0n) is 15.6. The van der Waals surface area contributed by atoms with Crippen molar-refractivity contribution in [1.82, 2.24) is 14.9 Å². The largest absolute Gasteiger partial charge is 0.416 e. The summed E-state index contributed by atoms with van der Waals surface area (Å²) < 4.78 is 52.4. The molecule has 0 fully saturated rings. The number of benzene rings is 2. The fourth-order valence-corrected chi connectivity index (χ4v) is 3.59. The van der Waals surface area contributed by atoms with Gasteiger partial charge in [0.1, 0.15) is 11.6 Å². The van der Waals surface area contributed by atoms with E-state index in [1.165, 1.54) is 0 Å². The zero-order valence-corrected chi connectivity index (χ0v) is 16.3.